The van der Waals surface area contributed by atoms with Crippen molar-refractivity contribution in [3.05, 3.63) is 72.6 Å². The largest absolute Gasteiger partial charge is 0.494 e. The van der Waals surface area contributed by atoms with Crippen LogP contribution in [-0.2, 0) is 16.6 Å². The quantitative estimate of drug-likeness (QED) is 0.732. The Kier molecular flexibility index (Phi) is 4.82. The van der Waals surface area contributed by atoms with E-state index in [0.717, 1.165) is 17.3 Å². The highest BCUT2D eigenvalue weighted by Gasteiger charge is 2.17. The molecule has 1 heterocycles. The van der Waals surface area contributed by atoms with Crippen LogP contribution in [0.2, 0.25) is 0 Å². The molecule has 25 heavy (non-hydrogen) atoms. The molecule has 130 valence electrons. The first-order chi connectivity index (χ1) is 12.0. The third-order valence-electron chi connectivity index (χ3n) is 3.66. The highest BCUT2D eigenvalue weighted by atomic mass is 32.2. The number of nitrogens with zero attached hydrogens (tertiary/aromatic N) is 2. The highest BCUT2D eigenvalue weighted by Crippen LogP contribution is 2.21. The normalized spacial score (nSPS) is 11.4. The summed E-state index contributed by atoms with van der Waals surface area (Å²) < 4.78 is 47.7. The van der Waals surface area contributed by atoms with Crippen molar-refractivity contribution < 1.29 is 17.5 Å². The lowest BCUT2D eigenvalue weighted by Gasteiger charge is -2.12. The number of para-hydroxylation sites is 1. The van der Waals surface area contributed by atoms with Gasteiger partial charge in [-0.2, -0.15) is 0 Å². The van der Waals surface area contributed by atoms with Gasteiger partial charge >= 0.3 is 0 Å². The molecule has 6 nitrogen and oxygen atoms in total. The van der Waals surface area contributed by atoms with Gasteiger partial charge in [0, 0.05) is 18.9 Å². The monoisotopic (exact) mass is 361 g/mol. The average molecular weight is 361 g/mol. The van der Waals surface area contributed by atoms with E-state index in [4.69, 9.17) is 4.74 Å². The maximum Gasteiger partial charge on any atom is 0.240 e. The predicted octanol–water partition coefficient (Wildman–Crippen LogP) is 2.50. The molecule has 3 aromatic rings. The van der Waals surface area contributed by atoms with Crippen LogP contribution in [0.5, 0.6) is 5.75 Å². The topological polar surface area (TPSA) is 73.2 Å². The Morgan fingerprint density at radius 2 is 2.04 bits per heavy atom. The van der Waals surface area contributed by atoms with E-state index in [1.807, 2.05) is 24.3 Å². The van der Waals surface area contributed by atoms with Gasteiger partial charge in [0.1, 0.15) is 0 Å². The van der Waals surface area contributed by atoms with Gasteiger partial charge in [-0.25, -0.2) is 22.5 Å². The zero-order valence-electron chi connectivity index (χ0n) is 13.4. The van der Waals surface area contributed by atoms with Crippen LogP contribution in [0.3, 0.4) is 0 Å². The van der Waals surface area contributed by atoms with Gasteiger partial charge in [-0.3, -0.25) is 0 Å². The molecule has 0 fully saturated rings. The molecule has 1 N–H and O–H groups in total. The van der Waals surface area contributed by atoms with Crippen molar-refractivity contribution in [3.63, 3.8) is 0 Å². The van der Waals surface area contributed by atoms with E-state index in [2.05, 4.69) is 9.71 Å². The first kappa shape index (κ1) is 17.1. The standard InChI is InChI=1S/C17H16FN3O3S/c1-24-17-7-6-14(10-15(17)18)25(22,23)20-11-13-4-2-3-5-16(13)21-9-8-19-12-21/h2-10,12,20H,11H2,1H3. The van der Waals surface area contributed by atoms with Gasteiger partial charge in [-0.1, -0.05) is 18.2 Å². The molecular formula is C17H16FN3O3S. The number of hydrogen-bond acceptors (Lipinski definition) is 4. The molecule has 0 atom stereocenters. The van der Waals surface area contributed by atoms with Crippen LogP contribution in [0.1, 0.15) is 5.56 Å². The molecule has 0 aliphatic carbocycles. The Labute approximate surface area is 145 Å². The Hall–Kier alpha value is -2.71. The third kappa shape index (κ3) is 3.70. The summed E-state index contributed by atoms with van der Waals surface area (Å²) >= 11 is 0. The van der Waals surface area contributed by atoms with Gasteiger partial charge in [-0.15, -0.1) is 0 Å². The van der Waals surface area contributed by atoms with Gasteiger partial charge in [0.25, 0.3) is 0 Å². The lowest BCUT2D eigenvalue weighted by Crippen LogP contribution is -2.24. The SMILES string of the molecule is COc1ccc(S(=O)(=O)NCc2ccccc2-n2ccnc2)cc1F. The minimum absolute atomic E-state index is 0.00981. The van der Waals surface area contributed by atoms with E-state index in [9.17, 15) is 12.8 Å². The maximum absolute atomic E-state index is 13.8. The number of halogens is 1. The lowest BCUT2D eigenvalue weighted by molar-refractivity contribution is 0.385. The van der Waals surface area contributed by atoms with E-state index in [1.165, 1.54) is 19.2 Å². The number of imidazole rings is 1. The van der Waals surface area contributed by atoms with Crippen LogP contribution in [0.25, 0.3) is 5.69 Å². The second kappa shape index (κ2) is 7.04. The molecule has 0 saturated carbocycles. The summed E-state index contributed by atoms with van der Waals surface area (Å²) in [6.45, 7) is 0.0599. The van der Waals surface area contributed by atoms with Gasteiger partial charge < -0.3 is 9.30 Å². The van der Waals surface area contributed by atoms with Crippen molar-refractivity contribution in [2.45, 2.75) is 11.4 Å². The molecule has 0 radical (unpaired) electrons. The summed E-state index contributed by atoms with van der Waals surface area (Å²) in [7, 11) is -2.54. The number of nitrogens with one attached hydrogen (secondary N) is 1. The smallest absolute Gasteiger partial charge is 0.240 e. The molecule has 8 heteroatoms. The number of ether oxygens (including phenoxy) is 1. The fourth-order valence-corrected chi connectivity index (χ4v) is 3.40. The highest BCUT2D eigenvalue weighted by molar-refractivity contribution is 7.89. The van der Waals surface area contributed by atoms with Gasteiger partial charge in [0.2, 0.25) is 10.0 Å². The van der Waals surface area contributed by atoms with E-state index in [-0.39, 0.29) is 17.2 Å². The Morgan fingerprint density at radius 1 is 1.24 bits per heavy atom. The van der Waals surface area contributed by atoms with Gasteiger partial charge in [0.05, 0.1) is 24.0 Å². The summed E-state index contributed by atoms with van der Waals surface area (Å²) in [6, 6.07) is 10.9. The van der Waals surface area contributed by atoms with Crippen LogP contribution in [0.15, 0.2) is 66.1 Å². The van der Waals surface area contributed by atoms with Crippen molar-refractivity contribution in [3.8, 4) is 11.4 Å². The molecule has 0 saturated heterocycles. The van der Waals surface area contributed by atoms with Crippen LogP contribution < -0.4 is 9.46 Å². The summed E-state index contributed by atoms with van der Waals surface area (Å²) in [5.41, 5.74) is 1.57. The number of hydrogen-bond donors (Lipinski definition) is 1. The molecule has 0 unspecified atom stereocenters. The minimum Gasteiger partial charge on any atom is -0.494 e. The van der Waals surface area contributed by atoms with E-state index < -0.39 is 15.8 Å². The van der Waals surface area contributed by atoms with Crippen molar-refractivity contribution in [2.24, 2.45) is 0 Å². The van der Waals surface area contributed by atoms with Gasteiger partial charge in [-0.05, 0) is 29.8 Å². The molecule has 0 bridgehead atoms. The summed E-state index contributed by atoms with van der Waals surface area (Å²) in [6.07, 6.45) is 5.04. The number of aromatic nitrogens is 2. The fraction of sp³-hybridized carbons (Fsp3) is 0.118. The molecule has 0 aliphatic rings. The second-order valence-electron chi connectivity index (χ2n) is 5.22. The van der Waals surface area contributed by atoms with E-state index >= 15 is 0 Å². The average Bonchev–Trinajstić information content (AvgIpc) is 3.14. The fourth-order valence-electron chi connectivity index (χ4n) is 2.38. The molecule has 3 rings (SSSR count). The maximum atomic E-state index is 13.8. The van der Waals surface area contributed by atoms with E-state index in [1.54, 1.807) is 23.3 Å². The number of benzene rings is 2. The van der Waals surface area contributed by atoms with Crippen molar-refractivity contribution >= 4 is 10.0 Å². The van der Waals surface area contributed by atoms with Crippen LogP contribution in [-0.4, -0.2) is 25.1 Å². The summed E-state index contributed by atoms with van der Waals surface area (Å²) in [5, 5.41) is 0. The first-order valence-electron chi connectivity index (χ1n) is 7.41. The van der Waals surface area contributed by atoms with Crippen molar-refractivity contribution in [2.75, 3.05) is 7.11 Å². The first-order valence-corrected chi connectivity index (χ1v) is 8.89. The number of rotatable bonds is 6. The van der Waals surface area contributed by atoms with Crippen molar-refractivity contribution in [1.82, 2.24) is 14.3 Å². The van der Waals surface area contributed by atoms with Crippen molar-refractivity contribution in [1.29, 1.82) is 0 Å². The van der Waals surface area contributed by atoms with Crippen LogP contribution in [0, 0.1) is 5.82 Å². The molecule has 0 amide bonds. The van der Waals surface area contributed by atoms with Crippen LogP contribution in [0.4, 0.5) is 4.39 Å². The molecule has 0 aliphatic heterocycles. The Morgan fingerprint density at radius 3 is 2.72 bits per heavy atom. The zero-order chi connectivity index (χ0) is 17.9. The zero-order valence-corrected chi connectivity index (χ0v) is 14.2. The van der Waals surface area contributed by atoms with E-state index in [0.29, 0.717) is 0 Å². The van der Waals surface area contributed by atoms with Gasteiger partial charge in [0.15, 0.2) is 11.6 Å². The second-order valence-corrected chi connectivity index (χ2v) is 6.99. The third-order valence-corrected chi connectivity index (χ3v) is 5.06. The predicted molar refractivity (Wildman–Crippen MR) is 90.5 cm³/mol. The Balaban J connectivity index is 1.83. The molecule has 1 aromatic heterocycles. The summed E-state index contributed by atoms with van der Waals surface area (Å²) in [5.74, 6) is -0.742. The minimum atomic E-state index is -3.86. The lowest BCUT2D eigenvalue weighted by atomic mass is 10.2. The number of methoxy groups -OCH3 is 1. The summed E-state index contributed by atoms with van der Waals surface area (Å²) in [4.78, 5) is 3.83. The molecule has 0 spiro atoms. The van der Waals surface area contributed by atoms with Crippen LogP contribution >= 0.6 is 0 Å². The Bertz CT molecular complexity index is 973. The molecular weight excluding hydrogens is 345 g/mol. The number of sulfonamides is 1. The molecule has 2 aromatic carbocycles.